The van der Waals surface area contributed by atoms with Crippen molar-refractivity contribution in [1.29, 1.82) is 0 Å². The molecule has 1 aromatic rings. The third kappa shape index (κ3) is 3.16. The predicted molar refractivity (Wildman–Crippen MR) is 72.3 cm³/mol. The predicted octanol–water partition coefficient (Wildman–Crippen LogP) is 2.59. The fourth-order valence-corrected chi connectivity index (χ4v) is 2.09. The first-order valence-corrected chi connectivity index (χ1v) is 6.48. The highest BCUT2D eigenvalue weighted by Crippen LogP contribution is 2.29. The number of thiocarbonyl (C=S) groups is 1. The number of aromatic nitrogens is 1. The molecule has 0 bridgehead atoms. The van der Waals surface area contributed by atoms with E-state index in [2.05, 4.69) is 4.98 Å². The Balaban J connectivity index is 1.97. The van der Waals surface area contributed by atoms with Crippen LogP contribution >= 0.6 is 12.2 Å². The van der Waals surface area contributed by atoms with E-state index in [1.54, 1.807) is 0 Å². The van der Waals surface area contributed by atoms with Gasteiger partial charge in [-0.05, 0) is 31.4 Å². The van der Waals surface area contributed by atoms with Crippen LogP contribution in [0.25, 0.3) is 0 Å². The zero-order chi connectivity index (χ0) is 12.3. The number of pyridine rings is 1. The van der Waals surface area contributed by atoms with Crippen molar-refractivity contribution < 1.29 is 4.74 Å². The minimum Gasteiger partial charge on any atom is -0.477 e. The number of aryl methyl sites for hydroxylation is 1. The van der Waals surface area contributed by atoms with Crippen molar-refractivity contribution in [2.24, 2.45) is 11.7 Å². The van der Waals surface area contributed by atoms with E-state index >= 15 is 0 Å². The Bertz CT molecular complexity index is 416. The molecule has 0 amide bonds. The van der Waals surface area contributed by atoms with Crippen LogP contribution < -0.4 is 10.5 Å². The van der Waals surface area contributed by atoms with Gasteiger partial charge in [0.2, 0.25) is 5.88 Å². The molecule has 2 rings (SSSR count). The largest absolute Gasteiger partial charge is 0.477 e. The van der Waals surface area contributed by atoms with Crippen LogP contribution in [-0.2, 0) is 0 Å². The molecule has 0 radical (unpaired) electrons. The quantitative estimate of drug-likeness (QED) is 0.816. The van der Waals surface area contributed by atoms with Crippen LogP contribution in [0, 0.1) is 12.8 Å². The lowest BCUT2D eigenvalue weighted by Gasteiger charge is -2.25. The lowest BCUT2D eigenvalue weighted by Crippen LogP contribution is -2.17. The normalized spacial score (nSPS) is 15.4. The number of ether oxygens (including phenoxy) is 1. The summed E-state index contributed by atoms with van der Waals surface area (Å²) < 4.78 is 5.71. The molecule has 0 atom stereocenters. The summed E-state index contributed by atoms with van der Waals surface area (Å²) in [6.07, 6.45) is 5.15. The van der Waals surface area contributed by atoms with Crippen molar-refractivity contribution in [1.82, 2.24) is 4.98 Å². The van der Waals surface area contributed by atoms with E-state index in [0.717, 1.165) is 23.6 Å². The van der Waals surface area contributed by atoms with Gasteiger partial charge in [0, 0.05) is 5.69 Å². The summed E-state index contributed by atoms with van der Waals surface area (Å²) in [5.41, 5.74) is 7.30. The second kappa shape index (κ2) is 5.45. The first kappa shape index (κ1) is 12.3. The van der Waals surface area contributed by atoms with E-state index in [0.29, 0.717) is 17.5 Å². The third-order valence-corrected chi connectivity index (χ3v) is 3.47. The van der Waals surface area contributed by atoms with Gasteiger partial charge in [-0.25, -0.2) is 4.98 Å². The molecular formula is C13H18N2OS. The molecule has 17 heavy (non-hydrogen) atoms. The van der Waals surface area contributed by atoms with Gasteiger partial charge in [0.05, 0.1) is 12.2 Å². The molecule has 1 aromatic heterocycles. The van der Waals surface area contributed by atoms with Crippen LogP contribution in [0.3, 0.4) is 0 Å². The number of hydrogen-bond donors (Lipinski definition) is 1. The number of nitrogens with two attached hydrogens (primary N) is 1. The maximum absolute atomic E-state index is 5.71. The average Bonchev–Trinajstić information content (AvgIpc) is 2.21. The van der Waals surface area contributed by atoms with Crippen LogP contribution in [0.4, 0.5) is 0 Å². The fraction of sp³-hybridized carbons (Fsp3) is 0.538. The first-order chi connectivity index (χ1) is 8.16. The number of hydrogen-bond acceptors (Lipinski definition) is 3. The van der Waals surface area contributed by atoms with E-state index in [4.69, 9.17) is 22.7 Å². The average molecular weight is 250 g/mol. The summed E-state index contributed by atoms with van der Waals surface area (Å²) in [4.78, 5) is 4.69. The van der Waals surface area contributed by atoms with Crippen molar-refractivity contribution in [3.05, 3.63) is 23.4 Å². The Labute approximate surface area is 107 Å². The van der Waals surface area contributed by atoms with E-state index in [1.165, 1.54) is 19.3 Å². The molecule has 1 aliphatic carbocycles. The maximum Gasteiger partial charge on any atom is 0.223 e. The van der Waals surface area contributed by atoms with Crippen molar-refractivity contribution in [2.45, 2.75) is 32.6 Å². The Morgan fingerprint density at radius 3 is 2.88 bits per heavy atom. The van der Waals surface area contributed by atoms with Gasteiger partial charge in [-0.1, -0.05) is 31.5 Å². The molecule has 1 heterocycles. The lowest BCUT2D eigenvalue weighted by molar-refractivity contribution is 0.217. The monoisotopic (exact) mass is 250 g/mol. The number of nitrogens with zero attached hydrogens (tertiary/aromatic N) is 1. The van der Waals surface area contributed by atoms with Gasteiger partial charge in [0.1, 0.15) is 4.99 Å². The lowest BCUT2D eigenvalue weighted by atomic mass is 9.83. The molecule has 0 saturated heterocycles. The van der Waals surface area contributed by atoms with Crippen LogP contribution in [0.2, 0.25) is 0 Å². The SMILES string of the molecule is Cc1ccc(C(N)=S)c(OCCC2CCC2)n1. The Morgan fingerprint density at radius 2 is 2.29 bits per heavy atom. The van der Waals surface area contributed by atoms with Crippen LogP contribution in [0.5, 0.6) is 5.88 Å². The summed E-state index contributed by atoms with van der Waals surface area (Å²) in [6, 6.07) is 3.77. The highest BCUT2D eigenvalue weighted by atomic mass is 32.1. The minimum atomic E-state index is 0.344. The zero-order valence-electron chi connectivity index (χ0n) is 10.1. The summed E-state index contributed by atoms with van der Waals surface area (Å²) in [5.74, 6) is 1.42. The van der Waals surface area contributed by atoms with E-state index in [9.17, 15) is 0 Å². The summed E-state index contributed by atoms with van der Waals surface area (Å²) in [5, 5.41) is 0. The molecule has 92 valence electrons. The van der Waals surface area contributed by atoms with Gasteiger partial charge < -0.3 is 10.5 Å². The van der Waals surface area contributed by atoms with Crippen molar-refractivity contribution in [2.75, 3.05) is 6.61 Å². The van der Waals surface area contributed by atoms with Crippen LogP contribution in [-0.4, -0.2) is 16.6 Å². The van der Waals surface area contributed by atoms with Gasteiger partial charge in [0.25, 0.3) is 0 Å². The maximum atomic E-state index is 5.71. The number of rotatable bonds is 5. The van der Waals surface area contributed by atoms with E-state index in [1.807, 2.05) is 19.1 Å². The second-order valence-electron chi connectivity index (χ2n) is 4.60. The Kier molecular flexibility index (Phi) is 3.94. The standard InChI is InChI=1S/C13H18N2OS/c1-9-5-6-11(12(14)17)13(15-9)16-8-7-10-3-2-4-10/h5-6,10H,2-4,7-8H2,1H3,(H2,14,17). The molecule has 0 spiro atoms. The molecule has 1 saturated carbocycles. The smallest absolute Gasteiger partial charge is 0.223 e. The topological polar surface area (TPSA) is 48.1 Å². The van der Waals surface area contributed by atoms with Gasteiger partial charge in [0.15, 0.2) is 0 Å². The molecular weight excluding hydrogens is 232 g/mol. The second-order valence-corrected chi connectivity index (χ2v) is 5.04. The van der Waals surface area contributed by atoms with Gasteiger partial charge >= 0.3 is 0 Å². The molecule has 0 unspecified atom stereocenters. The molecule has 1 aliphatic rings. The summed E-state index contributed by atoms with van der Waals surface area (Å²) in [6.45, 7) is 2.64. The van der Waals surface area contributed by atoms with Crippen molar-refractivity contribution >= 4 is 17.2 Å². The molecule has 4 heteroatoms. The van der Waals surface area contributed by atoms with Crippen molar-refractivity contribution in [3.8, 4) is 5.88 Å². The molecule has 0 aromatic carbocycles. The van der Waals surface area contributed by atoms with Gasteiger partial charge in [-0.3, -0.25) is 0 Å². The first-order valence-electron chi connectivity index (χ1n) is 6.07. The molecule has 3 nitrogen and oxygen atoms in total. The van der Waals surface area contributed by atoms with E-state index in [-0.39, 0.29) is 0 Å². The van der Waals surface area contributed by atoms with Crippen molar-refractivity contribution in [3.63, 3.8) is 0 Å². The zero-order valence-corrected chi connectivity index (χ0v) is 10.9. The third-order valence-electron chi connectivity index (χ3n) is 3.25. The molecule has 1 fully saturated rings. The minimum absolute atomic E-state index is 0.344. The van der Waals surface area contributed by atoms with Gasteiger partial charge in [-0.15, -0.1) is 0 Å². The highest BCUT2D eigenvalue weighted by Gasteiger charge is 2.17. The fourth-order valence-electron chi connectivity index (χ4n) is 1.93. The van der Waals surface area contributed by atoms with Crippen LogP contribution in [0.1, 0.15) is 36.9 Å². The summed E-state index contributed by atoms with van der Waals surface area (Å²) in [7, 11) is 0. The van der Waals surface area contributed by atoms with Crippen LogP contribution in [0.15, 0.2) is 12.1 Å². The molecule has 2 N–H and O–H groups in total. The van der Waals surface area contributed by atoms with Gasteiger partial charge in [-0.2, -0.15) is 0 Å². The Morgan fingerprint density at radius 1 is 1.53 bits per heavy atom. The Hall–Kier alpha value is -1.16. The van der Waals surface area contributed by atoms with E-state index < -0.39 is 0 Å². The molecule has 0 aliphatic heterocycles. The highest BCUT2D eigenvalue weighted by molar-refractivity contribution is 7.80. The summed E-state index contributed by atoms with van der Waals surface area (Å²) >= 11 is 4.99.